The minimum atomic E-state index is -0.936. The van der Waals surface area contributed by atoms with Gasteiger partial charge in [-0.1, -0.05) is 29.8 Å². The van der Waals surface area contributed by atoms with Crippen LogP contribution in [0.1, 0.15) is 42.3 Å². The molecule has 3 atom stereocenters. The number of piperidine rings is 1. The zero-order valence-corrected chi connectivity index (χ0v) is 21.2. The highest BCUT2D eigenvalue weighted by Gasteiger charge is 2.44. The summed E-state index contributed by atoms with van der Waals surface area (Å²) in [5, 5.41) is 6.21. The SMILES string of the molecule is O=C1C[C@@H](c2cccc(F)c2)C(C(=O)Nc2cccc(Cl)c2)[C@@H](c2cc(F)ccc2OC2CCOCC2)N1. The molecule has 2 saturated heterocycles. The summed E-state index contributed by atoms with van der Waals surface area (Å²) in [5.41, 5.74) is 1.31. The van der Waals surface area contributed by atoms with E-state index in [1.54, 1.807) is 36.4 Å². The van der Waals surface area contributed by atoms with Crippen molar-refractivity contribution in [3.63, 3.8) is 0 Å². The third-order valence-electron chi connectivity index (χ3n) is 6.95. The minimum Gasteiger partial charge on any atom is -0.490 e. The van der Waals surface area contributed by atoms with E-state index in [2.05, 4.69) is 10.6 Å². The summed E-state index contributed by atoms with van der Waals surface area (Å²) >= 11 is 6.11. The normalized spacial score (nSPS) is 22.0. The van der Waals surface area contributed by atoms with Crippen molar-refractivity contribution in [2.24, 2.45) is 5.92 Å². The molecule has 6 nitrogen and oxygen atoms in total. The molecule has 2 amide bonds. The van der Waals surface area contributed by atoms with Gasteiger partial charge in [0.25, 0.3) is 0 Å². The molecule has 0 aliphatic carbocycles. The Kier molecular flexibility index (Phi) is 7.90. The predicted octanol–water partition coefficient (Wildman–Crippen LogP) is 5.78. The lowest BCUT2D eigenvalue weighted by Gasteiger charge is -2.39. The molecule has 0 radical (unpaired) electrons. The van der Waals surface area contributed by atoms with Crippen molar-refractivity contribution < 1.29 is 27.8 Å². The fraction of sp³-hybridized carbons (Fsp3) is 0.310. The molecule has 2 heterocycles. The van der Waals surface area contributed by atoms with E-state index in [0.717, 1.165) is 0 Å². The lowest BCUT2D eigenvalue weighted by atomic mass is 9.73. The van der Waals surface area contributed by atoms with Crippen LogP contribution in [0.5, 0.6) is 5.75 Å². The molecule has 0 bridgehead atoms. The quantitative estimate of drug-likeness (QED) is 0.416. The molecule has 5 rings (SSSR count). The molecule has 2 aliphatic rings. The highest BCUT2D eigenvalue weighted by Crippen LogP contribution is 2.44. The Morgan fingerprint density at radius 3 is 2.53 bits per heavy atom. The molecule has 198 valence electrons. The van der Waals surface area contributed by atoms with E-state index in [9.17, 15) is 18.4 Å². The highest BCUT2D eigenvalue weighted by molar-refractivity contribution is 6.30. The molecule has 9 heteroatoms. The second-order valence-corrected chi connectivity index (χ2v) is 9.98. The highest BCUT2D eigenvalue weighted by atomic mass is 35.5. The van der Waals surface area contributed by atoms with Gasteiger partial charge in [0.05, 0.1) is 25.2 Å². The largest absolute Gasteiger partial charge is 0.490 e. The number of benzene rings is 3. The number of rotatable bonds is 6. The first kappa shape index (κ1) is 26.1. The van der Waals surface area contributed by atoms with Crippen molar-refractivity contribution in [2.75, 3.05) is 18.5 Å². The molecule has 1 unspecified atom stereocenters. The summed E-state index contributed by atoms with van der Waals surface area (Å²) in [6.45, 7) is 1.10. The van der Waals surface area contributed by atoms with Gasteiger partial charge in [-0.05, 0) is 54.1 Å². The molecule has 38 heavy (non-hydrogen) atoms. The summed E-state index contributed by atoms with van der Waals surface area (Å²) in [6.07, 6.45) is 1.14. The molecule has 0 spiro atoms. The molecule has 2 aliphatic heterocycles. The molecule has 3 aromatic carbocycles. The second kappa shape index (κ2) is 11.5. The van der Waals surface area contributed by atoms with Gasteiger partial charge < -0.3 is 20.1 Å². The van der Waals surface area contributed by atoms with Crippen molar-refractivity contribution >= 4 is 29.1 Å². The van der Waals surface area contributed by atoms with E-state index < -0.39 is 35.4 Å². The van der Waals surface area contributed by atoms with E-state index in [1.165, 1.54) is 30.3 Å². The summed E-state index contributed by atoms with van der Waals surface area (Å²) in [7, 11) is 0. The third kappa shape index (κ3) is 5.97. The van der Waals surface area contributed by atoms with Crippen LogP contribution >= 0.6 is 11.6 Å². The Balaban J connectivity index is 1.57. The van der Waals surface area contributed by atoms with Gasteiger partial charge in [0.1, 0.15) is 23.5 Å². The van der Waals surface area contributed by atoms with Crippen LogP contribution in [0.15, 0.2) is 66.7 Å². The lowest BCUT2D eigenvalue weighted by Crippen LogP contribution is -2.47. The van der Waals surface area contributed by atoms with Crippen LogP contribution < -0.4 is 15.4 Å². The Bertz CT molecular complexity index is 1330. The molecular weight excluding hydrogens is 514 g/mol. The standard InChI is InChI=1S/C29H27ClF2N2O4/c30-18-4-2-6-21(14-18)33-29(36)27-23(17-3-1-5-19(31)13-17)16-26(35)34-28(27)24-15-20(32)7-8-25(24)38-22-9-11-37-12-10-22/h1-8,13-15,22-23,27-28H,9-12,16H2,(H,33,36)(H,34,35)/t23-,27?,28+/m0/s1. The van der Waals surface area contributed by atoms with Gasteiger partial charge >= 0.3 is 0 Å². The smallest absolute Gasteiger partial charge is 0.230 e. The van der Waals surface area contributed by atoms with Gasteiger partial charge in [-0.25, -0.2) is 8.78 Å². The second-order valence-electron chi connectivity index (χ2n) is 9.55. The fourth-order valence-corrected chi connectivity index (χ4v) is 5.37. The zero-order chi connectivity index (χ0) is 26.6. The molecule has 2 N–H and O–H groups in total. The van der Waals surface area contributed by atoms with Crippen molar-refractivity contribution in [1.82, 2.24) is 5.32 Å². The average Bonchev–Trinajstić information content (AvgIpc) is 2.90. The number of carbonyl (C=O) groups excluding carboxylic acids is 2. The summed E-state index contributed by atoms with van der Waals surface area (Å²) < 4.78 is 40.5. The van der Waals surface area contributed by atoms with E-state index in [0.29, 0.717) is 53.6 Å². The number of anilines is 1. The Morgan fingerprint density at radius 2 is 1.76 bits per heavy atom. The summed E-state index contributed by atoms with van der Waals surface area (Å²) in [5.74, 6) is -2.98. The molecular formula is C29H27ClF2N2O4. The Hall–Kier alpha value is -3.49. The lowest BCUT2D eigenvalue weighted by molar-refractivity contribution is -0.129. The fourth-order valence-electron chi connectivity index (χ4n) is 5.18. The van der Waals surface area contributed by atoms with Crippen molar-refractivity contribution in [3.05, 3.63) is 94.5 Å². The van der Waals surface area contributed by atoms with Crippen LogP contribution in [0.3, 0.4) is 0 Å². The molecule has 2 fully saturated rings. The van der Waals surface area contributed by atoms with Gasteiger partial charge in [-0.15, -0.1) is 0 Å². The van der Waals surface area contributed by atoms with Crippen LogP contribution in [-0.2, 0) is 14.3 Å². The maximum absolute atomic E-state index is 14.6. The van der Waals surface area contributed by atoms with Crippen molar-refractivity contribution in [1.29, 1.82) is 0 Å². The maximum atomic E-state index is 14.6. The first-order valence-corrected chi connectivity index (χ1v) is 12.9. The van der Waals surface area contributed by atoms with Crippen molar-refractivity contribution in [2.45, 2.75) is 37.3 Å². The molecule has 0 saturated carbocycles. The van der Waals surface area contributed by atoms with E-state index in [4.69, 9.17) is 21.1 Å². The molecule has 0 aromatic heterocycles. The van der Waals surface area contributed by atoms with Crippen LogP contribution in [-0.4, -0.2) is 31.1 Å². The third-order valence-corrected chi connectivity index (χ3v) is 7.19. The number of hydrogen-bond acceptors (Lipinski definition) is 4. The van der Waals surface area contributed by atoms with E-state index in [1.807, 2.05) is 0 Å². The molecule has 3 aromatic rings. The maximum Gasteiger partial charge on any atom is 0.230 e. The summed E-state index contributed by atoms with van der Waals surface area (Å²) in [4.78, 5) is 26.8. The van der Waals surface area contributed by atoms with Crippen LogP contribution in [0.25, 0.3) is 0 Å². The number of hydrogen-bond donors (Lipinski definition) is 2. The number of ether oxygens (including phenoxy) is 2. The number of halogens is 3. The monoisotopic (exact) mass is 540 g/mol. The zero-order valence-electron chi connectivity index (χ0n) is 20.5. The van der Waals surface area contributed by atoms with Gasteiger partial charge in [-0.2, -0.15) is 0 Å². The first-order chi connectivity index (χ1) is 18.4. The Morgan fingerprint density at radius 1 is 1.00 bits per heavy atom. The van der Waals surface area contributed by atoms with Crippen LogP contribution in [0, 0.1) is 17.6 Å². The number of carbonyl (C=O) groups is 2. The van der Waals surface area contributed by atoms with Gasteiger partial charge in [0.15, 0.2) is 0 Å². The Labute approximate surface area is 224 Å². The van der Waals surface area contributed by atoms with Crippen LogP contribution in [0.4, 0.5) is 14.5 Å². The van der Waals surface area contributed by atoms with E-state index in [-0.39, 0.29) is 18.4 Å². The topological polar surface area (TPSA) is 76.7 Å². The number of amides is 2. The van der Waals surface area contributed by atoms with E-state index >= 15 is 0 Å². The van der Waals surface area contributed by atoms with Gasteiger partial charge in [0, 0.05) is 41.5 Å². The minimum absolute atomic E-state index is 0.0426. The van der Waals surface area contributed by atoms with Crippen molar-refractivity contribution in [3.8, 4) is 5.75 Å². The predicted molar refractivity (Wildman–Crippen MR) is 139 cm³/mol. The summed E-state index contributed by atoms with van der Waals surface area (Å²) in [6, 6.07) is 15.7. The number of nitrogens with one attached hydrogen (secondary N) is 2. The first-order valence-electron chi connectivity index (χ1n) is 12.5. The van der Waals surface area contributed by atoms with Gasteiger partial charge in [0.2, 0.25) is 11.8 Å². The van der Waals surface area contributed by atoms with Crippen LogP contribution in [0.2, 0.25) is 5.02 Å². The van der Waals surface area contributed by atoms with Gasteiger partial charge in [-0.3, -0.25) is 9.59 Å². The average molecular weight is 541 g/mol.